The van der Waals surface area contributed by atoms with Crippen LogP contribution in [-0.2, 0) is 15.7 Å². The first-order valence-electron chi connectivity index (χ1n) is 10.2. The molecule has 4 rings (SSSR count). The number of fused-ring (bicyclic) bond motifs is 1. The molecule has 1 amide bonds. The fourth-order valence-electron chi connectivity index (χ4n) is 4.23. The van der Waals surface area contributed by atoms with Crippen LogP contribution in [0.4, 0.5) is 0 Å². The van der Waals surface area contributed by atoms with Crippen LogP contribution in [0.1, 0.15) is 46.2 Å². The summed E-state index contributed by atoms with van der Waals surface area (Å²) in [5.41, 5.74) is 0.863. The quantitative estimate of drug-likeness (QED) is 0.455. The number of hydrogen-bond donors (Lipinski definition) is 3. The molecule has 1 unspecified atom stereocenters. The molecule has 1 fully saturated rings. The summed E-state index contributed by atoms with van der Waals surface area (Å²) in [4.78, 5) is 28.3. The Morgan fingerprint density at radius 1 is 1.18 bits per heavy atom. The van der Waals surface area contributed by atoms with Crippen LogP contribution in [0.2, 0.25) is 10.0 Å². The minimum atomic E-state index is -3.99. The monoisotopic (exact) mass is 508 g/mol. The van der Waals surface area contributed by atoms with Crippen LogP contribution in [-0.4, -0.2) is 42.5 Å². The number of nitrogens with zero attached hydrogens (tertiary/aromatic N) is 1. The first-order chi connectivity index (χ1) is 15.5. The minimum absolute atomic E-state index is 0.0637. The number of halogens is 2. The number of Topliss-reactive ketones (excluding diaryl/α,β-unsaturated/α-hetero) is 1. The van der Waals surface area contributed by atoms with E-state index in [4.69, 9.17) is 28.3 Å². The van der Waals surface area contributed by atoms with Gasteiger partial charge in [0.15, 0.2) is 5.78 Å². The predicted molar refractivity (Wildman–Crippen MR) is 128 cm³/mol. The summed E-state index contributed by atoms with van der Waals surface area (Å²) in [6, 6.07) is 11.8. The van der Waals surface area contributed by atoms with Gasteiger partial charge in [-0.05, 0) is 49.6 Å². The summed E-state index contributed by atoms with van der Waals surface area (Å²) in [6.07, 6.45) is 0.925. The maximum absolute atomic E-state index is 13.3. The molecule has 1 atom stereocenters. The van der Waals surface area contributed by atoms with Crippen LogP contribution >= 0.6 is 23.2 Å². The molecule has 33 heavy (non-hydrogen) atoms. The molecular formula is C22H22Cl2N4O4S. The lowest BCUT2D eigenvalue weighted by molar-refractivity contribution is 0.0840. The van der Waals surface area contributed by atoms with E-state index in [1.165, 1.54) is 6.92 Å². The molecule has 1 aromatic heterocycles. The van der Waals surface area contributed by atoms with Crippen molar-refractivity contribution in [3.63, 3.8) is 0 Å². The zero-order valence-electron chi connectivity index (χ0n) is 17.7. The lowest BCUT2D eigenvalue weighted by Crippen LogP contribution is -2.58. The number of piperidine rings is 1. The van der Waals surface area contributed by atoms with Crippen molar-refractivity contribution >= 4 is 56.0 Å². The zero-order valence-corrected chi connectivity index (χ0v) is 20.0. The second-order valence-corrected chi connectivity index (χ2v) is 10.5. The van der Waals surface area contributed by atoms with Crippen LogP contribution in [0.5, 0.6) is 0 Å². The number of aromatic amines is 1. The summed E-state index contributed by atoms with van der Waals surface area (Å²) in [6.45, 7) is 1.62. The third-order valence-corrected chi connectivity index (χ3v) is 7.78. The van der Waals surface area contributed by atoms with E-state index in [1.54, 1.807) is 42.5 Å². The minimum Gasteiger partial charge on any atom is -0.350 e. The Balaban J connectivity index is 1.77. The number of nitrogens with two attached hydrogens (primary N) is 1. The van der Waals surface area contributed by atoms with Crippen molar-refractivity contribution in [1.82, 2.24) is 14.6 Å². The molecular weight excluding hydrogens is 487 g/mol. The molecule has 8 nitrogen and oxygen atoms in total. The second-order valence-electron chi connectivity index (χ2n) is 8.16. The van der Waals surface area contributed by atoms with Crippen LogP contribution in [0.25, 0.3) is 10.9 Å². The topological polar surface area (TPSA) is 125 Å². The summed E-state index contributed by atoms with van der Waals surface area (Å²) in [5, 5.41) is 9.70. The summed E-state index contributed by atoms with van der Waals surface area (Å²) in [5.74, 6) is -0.595. The van der Waals surface area contributed by atoms with Gasteiger partial charge < -0.3 is 10.3 Å². The van der Waals surface area contributed by atoms with Gasteiger partial charge in [-0.1, -0.05) is 41.4 Å². The highest BCUT2D eigenvalue weighted by molar-refractivity contribution is 7.86. The number of carbonyl (C=O) groups excluding carboxylic acids is 2. The standard InChI is InChI=1S/C22H22Cl2N4O4S/c1-13(29)14-4-2-5-15(10-14)22(8-3-9-28(12-22)33(25,31)32)27-21(30)19-11-16-18(26-19)7-6-17(23)20(16)24/h2,4-7,10-11,26H,3,8-9,12H2,1H3,(H,27,30)(H2,25,31,32). The highest BCUT2D eigenvalue weighted by atomic mass is 35.5. The fraction of sp³-hybridized carbons (Fsp3) is 0.273. The Bertz CT molecular complexity index is 1370. The van der Waals surface area contributed by atoms with Gasteiger partial charge in [-0.3, -0.25) is 9.59 Å². The summed E-state index contributed by atoms with van der Waals surface area (Å²) < 4.78 is 25.4. The normalized spacial score (nSPS) is 19.5. The third-order valence-electron chi connectivity index (χ3n) is 5.93. The van der Waals surface area contributed by atoms with E-state index >= 15 is 0 Å². The lowest BCUT2D eigenvalue weighted by Gasteiger charge is -2.42. The van der Waals surface area contributed by atoms with Crippen molar-refractivity contribution < 1.29 is 18.0 Å². The van der Waals surface area contributed by atoms with Crippen molar-refractivity contribution in [1.29, 1.82) is 0 Å². The zero-order chi connectivity index (χ0) is 24.0. The van der Waals surface area contributed by atoms with Gasteiger partial charge in [0.05, 0.1) is 15.6 Å². The van der Waals surface area contributed by atoms with Crippen LogP contribution in [0, 0.1) is 0 Å². The molecule has 2 aromatic carbocycles. The van der Waals surface area contributed by atoms with Gasteiger partial charge in [-0.15, -0.1) is 0 Å². The second kappa shape index (κ2) is 8.73. The number of amides is 1. The van der Waals surface area contributed by atoms with E-state index in [1.807, 2.05) is 0 Å². The van der Waals surface area contributed by atoms with E-state index in [9.17, 15) is 18.0 Å². The molecule has 0 bridgehead atoms. The fourth-order valence-corrected chi connectivity index (χ4v) is 5.40. The lowest BCUT2D eigenvalue weighted by atomic mass is 9.82. The van der Waals surface area contributed by atoms with Crippen LogP contribution in [0.3, 0.4) is 0 Å². The van der Waals surface area contributed by atoms with Gasteiger partial charge in [0.2, 0.25) is 0 Å². The molecule has 3 aromatic rings. The molecule has 1 aliphatic heterocycles. The van der Waals surface area contributed by atoms with Crippen LogP contribution < -0.4 is 10.5 Å². The molecule has 1 saturated heterocycles. The van der Waals surface area contributed by atoms with Crippen molar-refractivity contribution in [2.45, 2.75) is 25.3 Å². The maximum atomic E-state index is 13.3. The highest BCUT2D eigenvalue weighted by Gasteiger charge is 2.42. The van der Waals surface area contributed by atoms with Crippen molar-refractivity contribution in [2.24, 2.45) is 5.14 Å². The number of nitrogens with one attached hydrogen (secondary N) is 2. The van der Waals surface area contributed by atoms with Crippen molar-refractivity contribution in [2.75, 3.05) is 13.1 Å². The number of benzene rings is 2. The molecule has 0 radical (unpaired) electrons. The van der Waals surface area contributed by atoms with Gasteiger partial charge in [-0.2, -0.15) is 12.7 Å². The van der Waals surface area contributed by atoms with Gasteiger partial charge in [0, 0.05) is 29.6 Å². The molecule has 1 aliphatic rings. The first-order valence-corrected chi connectivity index (χ1v) is 12.4. The van der Waals surface area contributed by atoms with E-state index in [0.717, 1.165) is 4.31 Å². The van der Waals surface area contributed by atoms with E-state index in [2.05, 4.69) is 10.3 Å². The van der Waals surface area contributed by atoms with Gasteiger partial charge in [-0.25, -0.2) is 5.14 Å². The van der Waals surface area contributed by atoms with Gasteiger partial charge in [0.25, 0.3) is 16.1 Å². The maximum Gasteiger partial charge on any atom is 0.276 e. The van der Waals surface area contributed by atoms with Gasteiger partial charge in [0.1, 0.15) is 5.69 Å². The number of H-pyrrole nitrogens is 1. The first kappa shape index (κ1) is 23.7. The van der Waals surface area contributed by atoms with E-state index in [-0.39, 0.29) is 24.6 Å². The number of hydrogen-bond acceptors (Lipinski definition) is 4. The van der Waals surface area contributed by atoms with Crippen LogP contribution in [0.15, 0.2) is 42.5 Å². The van der Waals surface area contributed by atoms with Crippen molar-refractivity contribution in [3.05, 3.63) is 69.3 Å². The molecule has 2 heterocycles. The highest BCUT2D eigenvalue weighted by Crippen LogP contribution is 2.35. The Hall–Kier alpha value is -2.43. The van der Waals surface area contributed by atoms with E-state index in [0.29, 0.717) is 44.9 Å². The predicted octanol–water partition coefficient (Wildman–Crippen LogP) is 3.60. The third kappa shape index (κ3) is 4.64. The average Bonchev–Trinajstić information content (AvgIpc) is 3.21. The van der Waals surface area contributed by atoms with Crippen molar-refractivity contribution in [3.8, 4) is 0 Å². The molecule has 174 valence electrons. The average molecular weight is 509 g/mol. The Labute approximate surface area is 201 Å². The Morgan fingerprint density at radius 3 is 2.64 bits per heavy atom. The largest absolute Gasteiger partial charge is 0.350 e. The van der Waals surface area contributed by atoms with E-state index < -0.39 is 21.7 Å². The smallest absolute Gasteiger partial charge is 0.276 e. The summed E-state index contributed by atoms with van der Waals surface area (Å²) >= 11 is 12.4. The number of carbonyl (C=O) groups is 2. The number of aromatic nitrogens is 1. The molecule has 4 N–H and O–H groups in total. The molecule has 0 aliphatic carbocycles. The number of ketones is 1. The summed E-state index contributed by atoms with van der Waals surface area (Å²) in [7, 11) is -3.99. The SMILES string of the molecule is CC(=O)c1cccc(C2(NC(=O)c3cc4c(Cl)c(Cl)ccc4[nH]3)CCCN(S(N)(=O)=O)C2)c1. The van der Waals surface area contributed by atoms with Gasteiger partial charge >= 0.3 is 0 Å². The molecule has 0 spiro atoms. The molecule has 0 saturated carbocycles. The number of rotatable bonds is 5. The molecule has 11 heteroatoms. The Kier molecular flexibility index (Phi) is 6.28. The Morgan fingerprint density at radius 2 is 1.94 bits per heavy atom.